The van der Waals surface area contributed by atoms with E-state index in [1.807, 2.05) is 0 Å². The number of β-lactam (4-membered cyclic amide) rings is 1. The average molecular weight is 411 g/mol. The Bertz CT molecular complexity index is 901. The van der Waals surface area contributed by atoms with Crippen LogP contribution in [0.5, 0.6) is 0 Å². The van der Waals surface area contributed by atoms with Crippen molar-refractivity contribution < 1.29 is 29.5 Å². The first kappa shape index (κ1) is 19.2. The van der Waals surface area contributed by atoms with Crippen molar-refractivity contribution in [1.82, 2.24) is 4.90 Å². The van der Waals surface area contributed by atoms with Crippen LogP contribution < -0.4 is 5.73 Å². The van der Waals surface area contributed by atoms with E-state index in [4.69, 9.17) is 10.8 Å². The molecule has 2 aliphatic heterocycles. The van der Waals surface area contributed by atoms with Crippen LogP contribution in [0.1, 0.15) is 10.4 Å². The molecule has 0 radical (unpaired) electrons. The van der Waals surface area contributed by atoms with Crippen LogP contribution in [0.25, 0.3) is 0 Å². The summed E-state index contributed by atoms with van der Waals surface area (Å²) in [5.74, 6) is -2.54. The number of benzene rings is 1. The summed E-state index contributed by atoms with van der Waals surface area (Å²) >= 11 is 2.51. The second kappa shape index (κ2) is 7.21. The maximum atomic E-state index is 11.9. The van der Waals surface area contributed by atoms with Gasteiger partial charge in [0.25, 0.3) is 5.69 Å². The van der Waals surface area contributed by atoms with E-state index in [2.05, 4.69) is 0 Å². The van der Waals surface area contributed by atoms with Crippen molar-refractivity contribution in [2.45, 2.75) is 16.3 Å². The number of rotatable bonds is 6. The van der Waals surface area contributed by atoms with Gasteiger partial charge in [-0.05, 0) is 17.7 Å². The summed E-state index contributed by atoms with van der Waals surface area (Å²) in [6.07, 6.45) is 0. The Labute approximate surface area is 160 Å². The number of aromatic carboxylic acids is 1. The van der Waals surface area contributed by atoms with Crippen molar-refractivity contribution in [3.63, 3.8) is 0 Å². The number of amides is 1. The highest BCUT2D eigenvalue weighted by Gasteiger charge is 2.51. The topological polar surface area (TPSA) is 164 Å². The van der Waals surface area contributed by atoms with Crippen molar-refractivity contribution in [3.8, 4) is 0 Å². The number of nitro benzene ring substituents is 1. The first-order valence-electron chi connectivity index (χ1n) is 7.52. The lowest BCUT2D eigenvalue weighted by Crippen LogP contribution is -2.68. The lowest BCUT2D eigenvalue weighted by molar-refractivity contribution is -0.385. The van der Waals surface area contributed by atoms with Gasteiger partial charge < -0.3 is 15.9 Å². The molecule has 142 valence electrons. The SMILES string of the molecule is N[C@@H]1C(=O)N2C(C(=O)O)=C(CSc3ccc([N+](=O)[O-])c(C(=O)O)c3)CS[C@@H]12. The first-order chi connectivity index (χ1) is 12.7. The number of hydrogen-bond donors (Lipinski definition) is 3. The molecule has 1 saturated heterocycles. The van der Waals surface area contributed by atoms with E-state index in [1.54, 1.807) is 0 Å². The zero-order valence-electron chi connectivity index (χ0n) is 13.5. The van der Waals surface area contributed by atoms with Gasteiger partial charge in [0.2, 0.25) is 5.91 Å². The molecule has 0 aromatic heterocycles. The molecule has 27 heavy (non-hydrogen) atoms. The molecule has 0 aliphatic carbocycles. The largest absolute Gasteiger partial charge is 0.477 e. The maximum absolute atomic E-state index is 11.9. The number of hydrogen-bond acceptors (Lipinski definition) is 8. The number of aliphatic carboxylic acids is 1. The Morgan fingerprint density at radius 3 is 2.67 bits per heavy atom. The van der Waals surface area contributed by atoms with Crippen LogP contribution in [-0.2, 0) is 9.59 Å². The van der Waals surface area contributed by atoms with Crippen LogP contribution in [0.15, 0.2) is 34.4 Å². The zero-order chi connectivity index (χ0) is 19.9. The van der Waals surface area contributed by atoms with Gasteiger partial charge >= 0.3 is 11.9 Å². The van der Waals surface area contributed by atoms with Crippen LogP contribution >= 0.6 is 23.5 Å². The van der Waals surface area contributed by atoms with E-state index in [0.29, 0.717) is 16.2 Å². The molecule has 12 heteroatoms. The van der Waals surface area contributed by atoms with Crippen molar-refractivity contribution in [1.29, 1.82) is 0 Å². The average Bonchev–Trinajstić information content (AvgIpc) is 2.64. The van der Waals surface area contributed by atoms with Gasteiger partial charge in [0.15, 0.2) is 0 Å². The van der Waals surface area contributed by atoms with E-state index >= 15 is 0 Å². The molecular formula is C15H13N3O7S2. The first-order valence-corrected chi connectivity index (χ1v) is 9.56. The standard InChI is InChI=1S/C15H13N3O7S2/c16-10-12(19)17-11(15(22)23)6(5-27-13(10)17)4-26-7-1-2-9(18(24)25)8(3-7)14(20)21/h1-3,10,13H,4-5,16H2,(H,20,21)(H,22,23)/t10-,13+/m1/s1. The lowest BCUT2D eigenvalue weighted by Gasteiger charge is -2.48. The third-order valence-electron chi connectivity index (χ3n) is 4.10. The maximum Gasteiger partial charge on any atom is 0.352 e. The number of carboxylic acids is 2. The summed E-state index contributed by atoms with van der Waals surface area (Å²) in [6, 6.07) is 2.96. The van der Waals surface area contributed by atoms with Gasteiger partial charge in [-0.25, -0.2) is 9.59 Å². The molecule has 1 aromatic rings. The van der Waals surface area contributed by atoms with E-state index in [0.717, 1.165) is 17.8 Å². The van der Waals surface area contributed by atoms with Crippen molar-refractivity contribution in [2.24, 2.45) is 5.73 Å². The van der Waals surface area contributed by atoms with Gasteiger partial charge in [-0.15, -0.1) is 23.5 Å². The third kappa shape index (κ3) is 3.38. The molecule has 0 spiro atoms. The molecule has 0 bridgehead atoms. The van der Waals surface area contributed by atoms with Crippen LogP contribution in [0, 0.1) is 10.1 Å². The molecule has 0 saturated carbocycles. The van der Waals surface area contributed by atoms with E-state index in [-0.39, 0.29) is 11.4 Å². The molecule has 1 amide bonds. The molecule has 4 N–H and O–H groups in total. The minimum Gasteiger partial charge on any atom is -0.477 e. The molecule has 2 atom stereocenters. The summed E-state index contributed by atoms with van der Waals surface area (Å²) in [7, 11) is 0. The van der Waals surface area contributed by atoms with Crippen LogP contribution in [0.3, 0.4) is 0 Å². The quantitative estimate of drug-likeness (QED) is 0.266. The van der Waals surface area contributed by atoms with Gasteiger partial charge in [0.1, 0.15) is 22.7 Å². The highest BCUT2D eigenvalue weighted by molar-refractivity contribution is 8.01. The Morgan fingerprint density at radius 2 is 2.07 bits per heavy atom. The number of carbonyl (C=O) groups excluding carboxylic acids is 1. The molecule has 0 unspecified atom stereocenters. The molecule has 1 aromatic carbocycles. The van der Waals surface area contributed by atoms with Gasteiger partial charge in [0.05, 0.1) is 4.92 Å². The number of nitrogens with two attached hydrogens (primary N) is 1. The van der Waals surface area contributed by atoms with E-state index in [1.165, 1.54) is 28.8 Å². The van der Waals surface area contributed by atoms with Gasteiger partial charge in [0, 0.05) is 22.5 Å². The summed E-state index contributed by atoms with van der Waals surface area (Å²) in [6.45, 7) is 0. The summed E-state index contributed by atoms with van der Waals surface area (Å²) < 4.78 is 0. The number of nitrogens with zero attached hydrogens (tertiary/aromatic N) is 2. The van der Waals surface area contributed by atoms with Gasteiger partial charge in [-0.3, -0.25) is 19.8 Å². The minimum atomic E-state index is -1.43. The zero-order valence-corrected chi connectivity index (χ0v) is 15.2. The van der Waals surface area contributed by atoms with Gasteiger partial charge in [-0.1, -0.05) is 0 Å². The second-order valence-corrected chi connectivity index (χ2v) is 7.88. The number of carbonyl (C=O) groups is 3. The van der Waals surface area contributed by atoms with Crippen LogP contribution in [0.4, 0.5) is 5.69 Å². The van der Waals surface area contributed by atoms with Crippen LogP contribution in [0.2, 0.25) is 0 Å². The summed E-state index contributed by atoms with van der Waals surface area (Å²) in [5, 5.41) is 29.1. The van der Waals surface area contributed by atoms with E-state index in [9.17, 15) is 29.6 Å². The van der Waals surface area contributed by atoms with Crippen molar-refractivity contribution in [3.05, 3.63) is 45.1 Å². The second-order valence-electron chi connectivity index (χ2n) is 5.72. The molecule has 2 heterocycles. The predicted molar refractivity (Wildman–Crippen MR) is 96.5 cm³/mol. The Balaban J connectivity index is 1.84. The Morgan fingerprint density at radius 1 is 1.37 bits per heavy atom. The number of nitro groups is 1. The fourth-order valence-corrected chi connectivity index (χ4v) is 5.16. The minimum absolute atomic E-state index is 0.0988. The third-order valence-corrected chi connectivity index (χ3v) is 6.54. The molecule has 1 fully saturated rings. The summed E-state index contributed by atoms with van der Waals surface area (Å²) in [5.41, 5.74) is 5.13. The highest BCUT2D eigenvalue weighted by atomic mass is 32.2. The number of fused-ring (bicyclic) bond motifs is 1. The Hall–Kier alpha value is -2.57. The Kier molecular flexibility index (Phi) is 5.13. The normalized spacial score (nSPS) is 21.5. The fraction of sp³-hybridized carbons (Fsp3) is 0.267. The predicted octanol–water partition coefficient (Wildman–Crippen LogP) is 0.966. The summed E-state index contributed by atoms with van der Waals surface area (Å²) in [4.78, 5) is 46.5. The molecule has 10 nitrogen and oxygen atoms in total. The van der Waals surface area contributed by atoms with E-state index < -0.39 is 45.4 Å². The van der Waals surface area contributed by atoms with Crippen LogP contribution in [-0.4, -0.2) is 60.8 Å². The number of carboxylic acid groups (broad SMARTS) is 2. The molecule has 3 rings (SSSR count). The smallest absolute Gasteiger partial charge is 0.352 e. The van der Waals surface area contributed by atoms with Crippen molar-refractivity contribution >= 4 is 47.1 Å². The number of thioether (sulfide) groups is 2. The molecule has 2 aliphatic rings. The molecular weight excluding hydrogens is 398 g/mol. The highest BCUT2D eigenvalue weighted by Crippen LogP contribution is 2.41. The van der Waals surface area contributed by atoms with Crippen molar-refractivity contribution in [2.75, 3.05) is 11.5 Å². The lowest BCUT2D eigenvalue weighted by atomic mass is 10.0. The fourth-order valence-electron chi connectivity index (χ4n) is 2.80. The van der Waals surface area contributed by atoms with Gasteiger partial charge in [-0.2, -0.15) is 0 Å². The monoisotopic (exact) mass is 411 g/mol.